The summed E-state index contributed by atoms with van der Waals surface area (Å²) in [4.78, 5) is 15.3. The van der Waals surface area contributed by atoms with Crippen molar-refractivity contribution >= 4 is 16.8 Å². The zero-order valence-corrected chi connectivity index (χ0v) is 17.7. The molecule has 1 aromatic heterocycles. The number of nitrogens with one attached hydrogen (secondary N) is 2. The first kappa shape index (κ1) is 22.3. The van der Waals surface area contributed by atoms with Gasteiger partial charge in [-0.2, -0.15) is 12.8 Å². The number of aromatic nitrogens is 1. The maximum Gasteiger partial charge on any atom is 0.267 e. The van der Waals surface area contributed by atoms with Crippen LogP contribution in [0.15, 0.2) is 30.3 Å². The van der Waals surface area contributed by atoms with Crippen LogP contribution in [0.5, 0.6) is 0 Å². The SMILES string of the molecule is CC.CC.O=C(NC1C[CH-]CCC1)c1cc2ccccc2[nH]1.[Y]. The molecule has 1 radical (unpaired) electrons. The molecule has 1 atom stereocenters. The topological polar surface area (TPSA) is 44.9 Å². The summed E-state index contributed by atoms with van der Waals surface area (Å²) in [5.74, 6) is 0.00602. The molecule has 0 aliphatic heterocycles. The third-order valence-corrected chi connectivity index (χ3v) is 3.52. The van der Waals surface area contributed by atoms with Crippen molar-refractivity contribution in [1.82, 2.24) is 10.3 Å². The number of aromatic amines is 1. The molecule has 125 valence electrons. The first-order valence-electron chi connectivity index (χ1n) is 8.53. The van der Waals surface area contributed by atoms with Gasteiger partial charge in [0, 0.05) is 49.7 Å². The molecule has 0 saturated heterocycles. The van der Waals surface area contributed by atoms with Crippen LogP contribution in [0, 0.1) is 6.42 Å². The van der Waals surface area contributed by atoms with Crippen LogP contribution in [0.4, 0.5) is 0 Å². The fourth-order valence-corrected chi connectivity index (χ4v) is 2.54. The van der Waals surface area contributed by atoms with Crippen molar-refractivity contribution in [2.24, 2.45) is 0 Å². The van der Waals surface area contributed by atoms with E-state index in [1.165, 1.54) is 12.8 Å². The van der Waals surface area contributed by atoms with Crippen LogP contribution >= 0.6 is 0 Å². The molecule has 3 nitrogen and oxygen atoms in total. The Bertz CT molecular complexity index is 526. The summed E-state index contributed by atoms with van der Waals surface area (Å²) in [5.41, 5.74) is 1.67. The average molecular weight is 390 g/mol. The molecule has 0 bridgehead atoms. The molecular formula is C19H29N2OY-. The van der Waals surface area contributed by atoms with Crippen LogP contribution in [0.3, 0.4) is 0 Å². The van der Waals surface area contributed by atoms with Crippen LogP contribution in [-0.2, 0) is 32.7 Å². The number of amides is 1. The smallest absolute Gasteiger partial charge is 0.267 e. The van der Waals surface area contributed by atoms with Crippen LogP contribution in [0.2, 0.25) is 0 Å². The first-order valence-corrected chi connectivity index (χ1v) is 8.53. The van der Waals surface area contributed by atoms with Gasteiger partial charge in [-0.05, 0) is 18.6 Å². The standard InChI is InChI=1S/C15H17N2O.2C2H6.Y/c18-15(16-12-7-2-1-3-8-12)14-10-11-6-4-5-9-13(11)17-14;2*1-2;/h2,4-6,9-10,12,17H,1,3,7-8H2,(H,16,18);2*1-2H3;/q-1;;;. The van der Waals surface area contributed by atoms with E-state index < -0.39 is 0 Å². The van der Waals surface area contributed by atoms with Crippen molar-refractivity contribution in [3.8, 4) is 0 Å². The van der Waals surface area contributed by atoms with E-state index in [9.17, 15) is 4.79 Å². The number of hydrogen-bond acceptors (Lipinski definition) is 1. The molecule has 3 rings (SSSR count). The molecule has 1 aliphatic rings. The van der Waals surface area contributed by atoms with Gasteiger partial charge in [0.15, 0.2) is 0 Å². The fraction of sp³-hybridized carbons (Fsp3) is 0.474. The molecule has 1 aliphatic carbocycles. The van der Waals surface area contributed by atoms with E-state index in [0.717, 1.165) is 23.7 Å². The zero-order chi connectivity index (χ0) is 16.4. The van der Waals surface area contributed by atoms with E-state index in [2.05, 4.69) is 16.7 Å². The predicted octanol–water partition coefficient (Wildman–Crippen LogP) is 5.09. The number of para-hydroxylation sites is 1. The second-order valence-corrected chi connectivity index (χ2v) is 4.90. The number of fused-ring (bicyclic) bond motifs is 1. The van der Waals surface area contributed by atoms with Crippen molar-refractivity contribution in [3.63, 3.8) is 0 Å². The Balaban J connectivity index is 0.000000901. The Hall–Kier alpha value is -0.666. The summed E-state index contributed by atoms with van der Waals surface area (Å²) in [6, 6.07) is 10.2. The molecule has 1 saturated carbocycles. The average Bonchev–Trinajstić information content (AvgIpc) is 3.04. The quantitative estimate of drug-likeness (QED) is 0.689. The van der Waals surface area contributed by atoms with Gasteiger partial charge in [-0.15, -0.1) is 0 Å². The number of H-pyrrole nitrogens is 1. The monoisotopic (exact) mass is 390 g/mol. The van der Waals surface area contributed by atoms with Crippen LogP contribution < -0.4 is 5.32 Å². The van der Waals surface area contributed by atoms with Crippen molar-refractivity contribution in [1.29, 1.82) is 0 Å². The molecule has 2 aromatic rings. The summed E-state index contributed by atoms with van der Waals surface area (Å²) in [5, 5.41) is 4.18. The Morgan fingerprint density at radius 1 is 1.22 bits per heavy atom. The second kappa shape index (κ2) is 12.7. The van der Waals surface area contributed by atoms with Crippen molar-refractivity contribution in [3.05, 3.63) is 42.4 Å². The summed E-state index contributed by atoms with van der Waals surface area (Å²) in [7, 11) is 0. The third-order valence-electron chi connectivity index (χ3n) is 3.52. The van der Waals surface area contributed by atoms with E-state index in [4.69, 9.17) is 0 Å². The maximum absolute atomic E-state index is 12.1. The molecular weight excluding hydrogens is 361 g/mol. The van der Waals surface area contributed by atoms with Gasteiger partial charge in [0.05, 0.1) is 0 Å². The van der Waals surface area contributed by atoms with Gasteiger partial charge in [-0.1, -0.05) is 52.3 Å². The number of benzene rings is 1. The van der Waals surface area contributed by atoms with Crippen LogP contribution in [0.25, 0.3) is 10.9 Å². The predicted molar refractivity (Wildman–Crippen MR) is 95.0 cm³/mol. The molecule has 2 N–H and O–H groups in total. The number of rotatable bonds is 2. The van der Waals surface area contributed by atoms with Gasteiger partial charge in [-0.3, -0.25) is 4.79 Å². The second-order valence-electron chi connectivity index (χ2n) is 4.90. The van der Waals surface area contributed by atoms with E-state index in [0.29, 0.717) is 11.7 Å². The van der Waals surface area contributed by atoms with Crippen molar-refractivity contribution in [2.75, 3.05) is 0 Å². The Kier molecular flexibility index (Phi) is 12.4. The Labute approximate surface area is 165 Å². The van der Waals surface area contributed by atoms with E-state index in [1.54, 1.807) is 0 Å². The first-order chi connectivity index (χ1) is 10.8. The minimum atomic E-state index is 0. The van der Waals surface area contributed by atoms with Crippen molar-refractivity contribution < 1.29 is 37.5 Å². The van der Waals surface area contributed by atoms with E-state index in [1.807, 2.05) is 58.0 Å². The van der Waals surface area contributed by atoms with Gasteiger partial charge in [-0.25, -0.2) is 0 Å². The molecule has 0 spiro atoms. The fourth-order valence-electron chi connectivity index (χ4n) is 2.54. The number of carbonyl (C=O) groups excluding carboxylic acids is 1. The Morgan fingerprint density at radius 2 is 1.91 bits per heavy atom. The maximum atomic E-state index is 12.1. The summed E-state index contributed by atoms with van der Waals surface area (Å²) < 4.78 is 0. The summed E-state index contributed by atoms with van der Waals surface area (Å²) >= 11 is 0. The van der Waals surface area contributed by atoms with Gasteiger partial charge in [0.2, 0.25) is 0 Å². The minimum Gasteiger partial charge on any atom is -0.351 e. The van der Waals surface area contributed by atoms with Crippen LogP contribution in [-0.4, -0.2) is 16.9 Å². The molecule has 4 heteroatoms. The largest absolute Gasteiger partial charge is 0.351 e. The normalized spacial score (nSPS) is 16.1. The molecule has 23 heavy (non-hydrogen) atoms. The van der Waals surface area contributed by atoms with Crippen molar-refractivity contribution in [2.45, 2.75) is 59.4 Å². The van der Waals surface area contributed by atoms with Gasteiger partial charge >= 0.3 is 0 Å². The van der Waals surface area contributed by atoms with Crippen LogP contribution in [0.1, 0.15) is 63.9 Å². The van der Waals surface area contributed by atoms with Gasteiger partial charge in [0.1, 0.15) is 5.69 Å². The third kappa shape index (κ3) is 6.76. The summed E-state index contributed by atoms with van der Waals surface area (Å²) in [6.07, 6.45) is 6.70. The summed E-state index contributed by atoms with van der Waals surface area (Å²) in [6.45, 7) is 8.00. The number of carbonyl (C=O) groups is 1. The van der Waals surface area contributed by atoms with E-state index >= 15 is 0 Å². The van der Waals surface area contributed by atoms with Gasteiger partial charge in [0.25, 0.3) is 5.91 Å². The van der Waals surface area contributed by atoms with Gasteiger partial charge < -0.3 is 16.7 Å². The zero-order valence-electron chi connectivity index (χ0n) is 14.9. The molecule has 1 aromatic carbocycles. The Morgan fingerprint density at radius 3 is 2.52 bits per heavy atom. The molecule has 1 fully saturated rings. The molecule has 1 amide bonds. The molecule has 1 unspecified atom stereocenters. The number of hydrogen-bond donors (Lipinski definition) is 2. The minimum absolute atomic E-state index is 0. The van der Waals surface area contributed by atoms with E-state index in [-0.39, 0.29) is 38.6 Å². The molecule has 1 heterocycles.